The first-order valence-electron chi connectivity index (χ1n) is 5.47. The Morgan fingerprint density at radius 2 is 1.88 bits per heavy atom. The van der Waals surface area contributed by atoms with Crippen LogP contribution in [0.4, 0.5) is 0 Å². The van der Waals surface area contributed by atoms with Crippen LogP contribution in [-0.2, 0) is 9.59 Å². The van der Waals surface area contributed by atoms with Crippen molar-refractivity contribution in [1.29, 1.82) is 0 Å². The van der Waals surface area contributed by atoms with Gasteiger partial charge >= 0.3 is 0 Å². The topological polar surface area (TPSA) is 37.4 Å². The summed E-state index contributed by atoms with van der Waals surface area (Å²) in [5.41, 5.74) is 0. The monoisotopic (exact) mass is 263 g/mol. The predicted octanol–water partition coefficient (Wildman–Crippen LogP) is 2.01. The van der Waals surface area contributed by atoms with E-state index in [1.165, 1.54) is 13.8 Å². The van der Waals surface area contributed by atoms with Crippen molar-refractivity contribution in [2.75, 3.05) is 6.54 Å². The summed E-state index contributed by atoms with van der Waals surface area (Å²) in [7, 11) is 0. The van der Waals surface area contributed by atoms with Crippen molar-refractivity contribution in [2.24, 2.45) is 11.8 Å². The lowest BCUT2D eigenvalue weighted by Crippen LogP contribution is -2.41. The number of amides is 1. The Kier molecular flexibility index (Phi) is 2.96. The maximum Gasteiger partial charge on any atom is 0.220 e. The second kappa shape index (κ2) is 3.88. The van der Waals surface area contributed by atoms with Crippen LogP contribution < -0.4 is 0 Å². The quantitative estimate of drug-likeness (QED) is 0.679. The Bertz CT molecular complexity index is 343. The van der Waals surface area contributed by atoms with Crippen LogP contribution in [0.2, 0.25) is 0 Å². The number of Topliss-reactive ketones (excluding diaryl/α,β-unsaturated/α-hetero) is 1. The van der Waals surface area contributed by atoms with E-state index in [-0.39, 0.29) is 29.6 Å². The van der Waals surface area contributed by atoms with Gasteiger partial charge in [0, 0.05) is 13.5 Å². The average Bonchev–Trinajstić information content (AvgIpc) is 2.54. The third-order valence-electron chi connectivity index (χ3n) is 3.69. The first-order chi connectivity index (χ1) is 7.32. The number of nitrogens with zero attached hydrogens (tertiary/aromatic N) is 1. The number of ketones is 1. The molecule has 1 aliphatic carbocycles. The second-order valence-corrected chi connectivity index (χ2v) is 6.56. The molecule has 2 rings (SSSR count). The van der Waals surface area contributed by atoms with Gasteiger partial charge < -0.3 is 4.90 Å². The lowest BCUT2D eigenvalue weighted by Gasteiger charge is -2.26. The van der Waals surface area contributed by atoms with Gasteiger partial charge in [0.05, 0.1) is 6.04 Å². The average molecular weight is 264 g/mol. The van der Waals surface area contributed by atoms with Gasteiger partial charge in [0.15, 0.2) is 5.78 Å². The van der Waals surface area contributed by atoms with Crippen molar-refractivity contribution >= 4 is 34.9 Å². The molecule has 3 atom stereocenters. The lowest BCUT2D eigenvalue weighted by molar-refractivity contribution is -0.136. The van der Waals surface area contributed by atoms with Gasteiger partial charge in [-0.25, -0.2) is 0 Å². The number of halogens is 2. The number of fused-ring (bicyclic) bond motifs is 1. The van der Waals surface area contributed by atoms with E-state index >= 15 is 0 Å². The highest BCUT2D eigenvalue weighted by molar-refractivity contribution is 6.48. The summed E-state index contributed by atoms with van der Waals surface area (Å²) in [5, 5.41) is 0. The number of carbonyl (C=O) groups excluding carboxylic acids is 2. The van der Waals surface area contributed by atoms with E-state index < -0.39 is 4.33 Å². The number of hydrogen-bond acceptors (Lipinski definition) is 2. The zero-order valence-corrected chi connectivity index (χ0v) is 10.9. The number of likely N-dealkylation sites (tertiary alicyclic amines) is 1. The molecule has 1 amide bonds. The summed E-state index contributed by atoms with van der Waals surface area (Å²) >= 11 is 12.2. The first kappa shape index (κ1) is 12.2. The standard InChI is InChI=1S/C11H15Cl2NO2/c1-6(15)10-9-4-11(12,13)3-8(9)5-14(10)7(2)16/h8-10H,3-5H2,1-2H3/t8?,9?,10-/m1/s1. The minimum atomic E-state index is -0.716. The van der Waals surface area contributed by atoms with E-state index in [0.29, 0.717) is 19.4 Å². The molecule has 2 fully saturated rings. The van der Waals surface area contributed by atoms with Gasteiger partial charge in [-0.15, -0.1) is 23.2 Å². The van der Waals surface area contributed by atoms with Crippen LogP contribution in [0.3, 0.4) is 0 Å². The molecule has 2 unspecified atom stereocenters. The van der Waals surface area contributed by atoms with Crippen LogP contribution in [0.5, 0.6) is 0 Å². The predicted molar refractivity (Wildman–Crippen MR) is 62.5 cm³/mol. The molecule has 1 aliphatic heterocycles. The molecule has 90 valence electrons. The molecule has 0 aromatic rings. The molecule has 0 N–H and O–H groups in total. The summed E-state index contributed by atoms with van der Waals surface area (Å²) in [5.74, 6) is 0.405. The Morgan fingerprint density at radius 1 is 1.25 bits per heavy atom. The Balaban J connectivity index is 2.23. The van der Waals surface area contributed by atoms with Crippen LogP contribution in [-0.4, -0.2) is 33.5 Å². The minimum absolute atomic E-state index is 0.0359. The van der Waals surface area contributed by atoms with E-state index in [9.17, 15) is 9.59 Å². The molecular weight excluding hydrogens is 249 g/mol. The zero-order valence-electron chi connectivity index (χ0n) is 9.37. The van der Waals surface area contributed by atoms with Crippen molar-refractivity contribution in [1.82, 2.24) is 4.90 Å². The molecule has 0 aromatic carbocycles. The molecule has 2 aliphatic rings. The number of carbonyl (C=O) groups is 2. The molecule has 1 saturated carbocycles. The van der Waals surface area contributed by atoms with Crippen molar-refractivity contribution in [3.63, 3.8) is 0 Å². The highest BCUT2D eigenvalue weighted by atomic mass is 35.5. The van der Waals surface area contributed by atoms with Crippen molar-refractivity contribution in [3.05, 3.63) is 0 Å². The van der Waals surface area contributed by atoms with Gasteiger partial charge in [0.25, 0.3) is 0 Å². The fourth-order valence-electron chi connectivity index (χ4n) is 3.14. The van der Waals surface area contributed by atoms with E-state index in [1.54, 1.807) is 4.90 Å². The molecule has 0 aromatic heterocycles. The molecule has 3 nitrogen and oxygen atoms in total. The van der Waals surface area contributed by atoms with Gasteiger partial charge in [0.1, 0.15) is 4.33 Å². The number of hydrogen-bond donors (Lipinski definition) is 0. The normalized spacial score (nSPS) is 36.2. The zero-order chi connectivity index (χ0) is 12.1. The maximum absolute atomic E-state index is 11.6. The third kappa shape index (κ3) is 1.95. The molecular formula is C11H15Cl2NO2. The molecule has 1 heterocycles. The summed E-state index contributed by atoms with van der Waals surface area (Å²) in [6, 6.07) is -0.318. The molecule has 1 saturated heterocycles. The van der Waals surface area contributed by atoms with E-state index in [2.05, 4.69) is 0 Å². The fraction of sp³-hybridized carbons (Fsp3) is 0.818. The van der Waals surface area contributed by atoms with Crippen molar-refractivity contribution in [2.45, 2.75) is 37.1 Å². The molecule has 16 heavy (non-hydrogen) atoms. The second-order valence-electron chi connectivity index (χ2n) is 4.92. The molecule has 0 spiro atoms. The Hall–Kier alpha value is -0.280. The van der Waals surface area contributed by atoms with Gasteiger partial charge in [-0.3, -0.25) is 9.59 Å². The van der Waals surface area contributed by atoms with Crippen LogP contribution in [0.1, 0.15) is 26.7 Å². The van der Waals surface area contributed by atoms with Gasteiger partial charge in [-0.1, -0.05) is 0 Å². The largest absolute Gasteiger partial charge is 0.332 e. The van der Waals surface area contributed by atoms with Crippen LogP contribution in [0.25, 0.3) is 0 Å². The van der Waals surface area contributed by atoms with Gasteiger partial charge in [-0.05, 0) is 31.6 Å². The third-order valence-corrected chi connectivity index (χ3v) is 4.31. The Morgan fingerprint density at radius 3 is 2.38 bits per heavy atom. The minimum Gasteiger partial charge on any atom is -0.332 e. The summed E-state index contributed by atoms with van der Waals surface area (Å²) in [6.07, 6.45) is 1.28. The summed E-state index contributed by atoms with van der Waals surface area (Å²) < 4.78 is -0.716. The van der Waals surface area contributed by atoms with Gasteiger partial charge in [0.2, 0.25) is 5.91 Å². The number of rotatable bonds is 1. The van der Waals surface area contributed by atoms with Gasteiger partial charge in [-0.2, -0.15) is 0 Å². The molecule has 5 heteroatoms. The maximum atomic E-state index is 11.6. The van der Waals surface area contributed by atoms with Crippen molar-refractivity contribution < 1.29 is 9.59 Å². The van der Waals surface area contributed by atoms with E-state index in [0.717, 1.165) is 0 Å². The van der Waals surface area contributed by atoms with Crippen molar-refractivity contribution in [3.8, 4) is 0 Å². The van der Waals surface area contributed by atoms with Crippen LogP contribution >= 0.6 is 23.2 Å². The van der Waals surface area contributed by atoms with E-state index in [1.807, 2.05) is 0 Å². The smallest absolute Gasteiger partial charge is 0.220 e. The highest BCUT2D eigenvalue weighted by Gasteiger charge is 2.54. The molecule has 0 radical (unpaired) electrons. The highest BCUT2D eigenvalue weighted by Crippen LogP contribution is 2.52. The van der Waals surface area contributed by atoms with Crippen LogP contribution in [0, 0.1) is 11.8 Å². The Labute approximate surface area is 105 Å². The van der Waals surface area contributed by atoms with E-state index in [4.69, 9.17) is 23.2 Å². The summed E-state index contributed by atoms with van der Waals surface area (Å²) in [6.45, 7) is 3.66. The first-order valence-corrected chi connectivity index (χ1v) is 6.23. The lowest BCUT2D eigenvalue weighted by atomic mass is 9.92. The fourth-order valence-corrected chi connectivity index (χ4v) is 3.89. The molecule has 0 bridgehead atoms. The van der Waals surface area contributed by atoms with Crippen LogP contribution in [0.15, 0.2) is 0 Å². The summed E-state index contributed by atoms with van der Waals surface area (Å²) in [4.78, 5) is 24.8. The number of alkyl halides is 2. The SMILES string of the molecule is CC(=O)[C@@H]1C2CC(Cl)(Cl)CC2CN1C(C)=O.